The fourth-order valence-corrected chi connectivity index (χ4v) is 3.70. The molecule has 10 heteroatoms. The van der Waals surface area contributed by atoms with Crippen molar-refractivity contribution in [2.45, 2.75) is 6.92 Å². The summed E-state index contributed by atoms with van der Waals surface area (Å²) in [6.45, 7) is 1.66. The molecule has 32 heavy (non-hydrogen) atoms. The number of amides is 1. The summed E-state index contributed by atoms with van der Waals surface area (Å²) in [6, 6.07) is 14.3. The average Bonchev–Trinajstić information content (AvgIpc) is 3.44. The van der Waals surface area contributed by atoms with Crippen molar-refractivity contribution in [3.05, 3.63) is 54.2 Å². The first-order valence-electron chi connectivity index (χ1n) is 9.58. The van der Waals surface area contributed by atoms with Crippen molar-refractivity contribution in [2.75, 3.05) is 26.1 Å². The smallest absolute Gasteiger partial charge is 0.270 e. The Morgan fingerprint density at radius 2 is 1.59 bits per heavy atom. The van der Waals surface area contributed by atoms with Gasteiger partial charge in [0, 0.05) is 5.56 Å². The minimum Gasteiger partial charge on any atom is -0.497 e. The van der Waals surface area contributed by atoms with Gasteiger partial charge in [0.25, 0.3) is 11.8 Å². The van der Waals surface area contributed by atoms with Gasteiger partial charge in [0.05, 0.1) is 19.9 Å². The Kier molecular flexibility index (Phi) is 6.31. The van der Waals surface area contributed by atoms with E-state index in [0.29, 0.717) is 38.9 Å². The van der Waals surface area contributed by atoms with E-state index >= 15 is 0 Å². The SMILES string of the molecule is COc1ccc(OCC(=O)Nc2nc(C)c(-c3nc(-c4ccc(OC)cc4)no3)s2)cc1. The lowest BCUT2D eigenvalue weighted by Crippen LogP contribution is -2.20. The quantitative estimate of drug-likeness (QED) is 0.424. The standard InChI is InChI=1S/C22H20N4O5S/c1-13-19(21-25-20(26-31-21)14-4-6-15(28-2)7-5-14)32-22(23-13)24-18(27)12-30-17-10-8-16(29-3)9-11-17/h4-11H,12H2,1-3H3,(H,23,24,27). The molecular weight excluding hydrogens is 432 g/mol. The summed E-state index contributed by atoms with van der Waals surface area (Å²) >= 11 is 1.25. The topological polar surface area (TPSA) is 109 Å². The fourth-order valence-electron chi connectivity index (χ4n) is 2.80. The van der Waals surface area contributed by atoms with Gasteiger partial charge >= 0.3 is 0 Å². The average molecular weight is 452 g/mol. The van der Waals surface area contributed by atoms with Gasteiger partial charge in [-0.3, -0.25) is 10.1 Å². The van der Waals surface area contributed by atoms with Crippen LogP contribution in [0.3, 0.4) is 0 Å². The van der Waals surface area contributed by atoms with E-state index in [0.717, 1.165) is 11.3 Å². The summed E-state index contributed by atoms with van der Waals surface area (Å²) in [6.07, 6.45) is 0. The molecular formula is C22H20N4O5S. The molecule has 0 unspecified atom stereocenters. The molecule has 9 nitrogen and oxygen atoms in total. The van der Waals surface area contributed by atoms with Crippen LogP contribution in [0.25, 0.3) is 22.2 Å². The highest BCUT2D eigenvalue weighted by molar-refractivity contribution is 7.19. The third kappa shape index (κ3) is 4.86. The molecule has 4 rings (SSSR count). The number of rotatable bonds is 8. The maximum atomic E-state index is 12.3. The minimum atomic E-state index is -0.328. The molecule has 4 aromatic rings. The number of carbonyl (C=O) groups is 1. The van der Waals surface area contributed by atoms with Crippen molar-refractivity contribution in [3.8, 4) is 39.4 Å². The van der Waals surface area contributed by atoms with Crippen LogP contribution in [-0.4, -0.2) is 41.9 Å². The van der Waals surface area contributed by atoms with Crippen molar-refractivity contribution < 1.29 is 23.5 Å². The summed E-state index contributed by atoms with van der Waals surface area (Å²) in [5.74, 6) is 2.48. The van der Waals surface area contributed by atoms with Crippen LogP contribution in [0.5, 0.6) is 17.2 Å². The lowest BCUT2D eigenvalue weighted by atomic mass is 10.2. The number of hydrogen-bond donors (Lipinski definition) is 1. The number of aromatic nitrogens is 3. The predicted octanol–water partition coefficient (Wildman–Crippen LogP) is 4.20. The number of benzene rings is 2. The van der Waals surface area contributed by atoms with E-state index in [-0.39, 0.29) is 12.5 Å². The largest absolute Gasteiger partial charge is 0.497 e. The number of anilines is 1. The maximum Gasteiger partial charge on any atom is 0.270 e. The zero-order valence-corrected chi connectivity index (χ0v) is 18.4. The first-order valence-corrected chi connectivity index (χ1v) is 10.4. The lowest BCUT2D eigenvalue weighted by Gasteiger charge is -2.06. The van der Waals surface area contributed by atoms with Gasteiger partial charge in [-0.25, -0.2) is 4.98 Å². The Hall–Kier alpha value is -3.92. The lowest BCUT2D eigenvalue weighted by molar-refractivity contribution is -0.118. The first-order chi connectivity index (χ1) is 15.6. The Balaban J connectivity index is 1.40. The number of thiazole rings is 1. The Morgan fingerprint density at radius 3 is 2.25 bits per heavy atom. The zero-order chi connectivity index (χ0) is 22.5. The normalized spacial score (nSPS) is 10.6. The van der Waals surface area contributed by atoms with Crippen LogP contribution in [0.1, 0.15) is 5.69 Å². The van der Waals surface area contributed by atoms with Gasteiger partial charge in [-0.05, 0) is 55.5 Å². The van der Waals surface area contributed by atoms with E-state index in [1.54, 1.807) is 38.5 Å². The molecule has 164 valence electrons. The monoisotopic (exact) mass is 452 g/mol. The molecule has 0 saturated heterocycles. The molecule has 2 heterocycles. The Labute approximate surface area is 188 Å². The molecule has 0 radical (unpaired) electrons. The second kappa shape index (κ2) is 9.48. The second-order valence-corrected chi connectivity index (χ2v) is 7.60. The Bertz CT molecular complexity index is 1200. The Morgan fingerprint density at radius 1 is 0.969 bits per heavy atom. The second-order valence-electron chi connectivity index (χ2n) is 6.60. The number of ether oxygens (including phenoxy) is 3. The number of hydrogen-bond acceptors (Lipinski definition) is 9. The number of aryl methyl sites for hydroxylation is 1. The van der Waals surface area contributed by atoms with Gasteiger partial charge in [0.1, 0.15) is 22.1 Å². The maximum absolute atomic E-state index is 12.3. The van der Waals surface area contributed by atoms with Crippen LogP contribution >= 0.6 is 11.3 Å². The number of nitrogens with zero attached hydrogens (tertiary/aromatic N) is 3. The zero-order valence-electron chi connectivity index (χ0n) is 17.6. The molecule has 0 atom stereocenters. The highest BCUT2D eigenvalue weighted by Crippen LogP contribution is 2.33. The summed E-state index contributed by atoms with van der Waals surface area (Å²) in [4.78, 5) is 21.8. The number of carbonyl (C=O) groups excluding carboxylic acids is 1. The van der Waals surface area contributed by atoms with Crippen molar-refractivity contribution in [3.63, 3.8) is 0 Å². The number of nitrogens with one attached hydrogen (secondary N) is 1. The van der Waals surface area contributed by atoms with E-state index in [1.807, 2.05) is 31.2 Å². The van der Waals surface area contributed by atoms with Crippen molar-refractivity contribution in [1.82, 2.24) is 15.1 Å². The van der Waals surface area contributed by atoms with Crippen LogP contribution in [0.2, 0.25) is 0 Å². The molecule has 0 aliphatic heterocycles. The van der Waals surface area contributed by atoms with Gasteiger partial charge in [-0.1, -0.05) is 16.5 Å². The van der Waals surface area contributed by atoms with E-state index < -0.39 is 0 Å². The molecule has 2 aromatic heterocycles. The van der Waals surface area contributed by atoms with E-state index in [1.165, 1.54) is 11.3 Å². The van der Waals surface area contributed by atoms with Gasteiger partial charge in [0.2, 0.25) is 5.82 Å². The molecule has 0 spiro atoms. The molecule has 0 bridgehead atoms. The van der Waals surface area contributed by atoms with Crippen LogP contribution in [-0.2, 0) is 4.79 Å². The van der Waals surface area contributed by atoms with Gasteiger partial charge in [-0.15, -0.1) is 0 Å². The predicted molar refractivity (Wildman–Crippen MR) is 119 cm³/mol. The summed E-state index contributed by atoms with van der Waals surface area (Å²) in [7, 11) is 3.19. The van der Waals surface area contributed by atoms with E-state index in [4.69, 9.17) is 18.7 Å². The molecule has 1 amide bonds. The van der Waals surface area contributed by atoms with Crippen molar-refractivity contribution in [2.24, 2.45) is 0 Å². The van der Waals surface area contributed by atoms with Crippen molar-refractivity contribution in [1.29, 1.82) is 0 Å². The number of methoxy groups -OCH3 is 2. The third-order valence-electron chi connectivity index (χ3n) is 4.44. The molecule has 0 saturated carbocycles. The van der Waals surface area contributed by atoms with Gasteiger partial charge in [-0.2, -0.15) is 4.98 Å². The highest BCUT2D eigenvalue weighted by Gasteiger charge is 2.18. The van der Waals surface area contributed by atoms with Crippen LogP contribution in [0, 0.1) is 6.92 Å². The fraction of sp³-hybridized carbons (Fsp3) is 0.182. The summed E-state index contributed by atoms with van der Waals surface area (Å²) in [5, 5.41) is 7.19. The molecule has 0 aliphatic carbocycles. The molecule has 2 aromatic carbocycles. The van der Waals surface area contributed by atoms with Crippen LogP contribution in [0.4, 0.5) is 5.13 Å². The van der Waals surface area contributed by atoms with E-state index in [2.05, 4.69) is 20.4 Å². The van der Waals surface area contributed by atoms with Crippen LogP contribution in [0.15, 0.2) is 53.1 Å². The highest BCUT2D eigenvalue weighted by atomic mass is 32.1. The third-order valence-corrected chi connectivity index (χ3v) is 5.50. The molecule has 1 N–H and O–H groups in total. The summed E-state index contributed by atoms with van der Waals surface area (Å²) in [5.41, 5.74) is 1.47. The van der Waals surface area contributed by atoms with Crippen LogP contribution < -0.4 is 19.5 Å². The van der Waals surface area contributed by atoms with Gasteiger partial charge in [0.15, 0.2) is 11.7 Å². The van der Waals surface area contributed by atoms with Gasteiger partial charge < -0.3 is 18.7 Å². The molecule has 0 fully saturated rings. The van der Waals surface area contributed by atoms with Crippen molar-refractivity contribution >= 4 is 22.4 Å². The first kappa shape index (κ1) is 21.3. The van der Waals surface area contributed by atoms with E-state index in [9.17, 15) is 4.79 Å². The minimum absolute atomic E-state index is 0.150. The molecule has 0 aliphatic rings. The summed E-state index contributed by atoms with van der Waals surface area (Å²) < 4.78 is 21.2.